The predicted octanol–water partition coefficient (Wildman–Crippen LogP) is 2.60. The second kappa shape index (κ2) is 6.13. The first kappa shape index (κ1) is 15.3. The number of halogens is 1. The first-order valence-electron chi connectivity index (χ1n) is 5.72. The van der Waals surface area contributed by atoms with Gasteiger partial charge in [-0.3, -0.25) is 5.32 Å². The van der Waals surface area contributed by atoms with Crippen molar-refractivity contribution in [3.8, 4) is 5.75 Å². The Hall–Kier alpha value is -2.09. The SMILES string of the molecule is NS(=O)(=O)c1ccc(Cl)c(NC(=O)Oc2ccccc2)c1. The zero-order valence-corrected chi connectivity index (χ0v) is 12.2. The van der Waals surface area contributed by atoms with Crippen LogP contribution < -0.4 is 15.2 Å². The fraction of sp³-hybridized carbons (Fsp3) is 0. The summed E-state index contributed by atoms with van der Waals surface area (Å²) in [4.78, 5) is 11.6. The van der Waals surface area contributed by atoms with Gasteiger partial charge in [0.25, 0.3) is 0 Å². The average molecular weight is 327 g/mol. The lowest BCUT2D eigenvalue weighted by Crippen LogP contribution is -2.18. The Morgan fingerprint density at radius 2 is 1.81 bits per heavy atom. The molecule has 1 amide bonds. The van der Waals surface area contributed by atoms with Gasteiger partial charge in [-0.2, -0.15) is 0 Å². The number of sulfonamides is 1. The van der Waals surface area contributed by atoms with Gasteiger partial charge in [0.2, 0.25) is 10.0 Å². The van der Waals surface area contributed by atoms with Crippen LogP contribution in [-0.4, -0.2) is 14.5 Å². The Kier molecular flexibility index (Phi) is 4.46. The number of nitrogens with two attached hydrogens (primary N) is 1. The summed E-state index contributed by atoms with van der Waals surface area (Å²) in [6.07, 6.45) is -0.797. The fourth-order valence-electron chi connectivity index (χ4n) is 1.51. The van der Waals surface area contributed by atoms with Crippen LogP contribution in [0, 0.1) is 0 Å². The summed E-state index contributed by atoms with van der Waals surface area (Å²) < 4.78 is 27.5. The van der Waals surface area contributed by atoms with E-state index in [4.69, 9.17) is 21.5 Å². The normalized spacial score (nSPS) is 11.0. The average Bonchev–Trinajstić information content (AvgIpc) is 2.41. The molecule has 21 heavy (non-hydrogen) atoms. The Morgan fingerprint density at radius 1 is 1.14 bits per heavy atom. The van der Waals surface area contributed by atoms with E-state index in [0.29, 0.717) is 5.75 Å². The molecule has 2 rings (SSSR count). The van der Waals surface area contributed by atoms with Crippen molar-refractivity contribution < 1.29 is 17.9 Å². The van der Waals surface area contributed by atoms with Crippen molar-refractivity contribution in [3.05, 3.63) is 53.6 Å². The van der Waals surface area contributed by atoms with Crippen LogP contribution in [0.15, 0.2) is 53.4 Å². The van der Waals surface area contributed by atoms with E-state index in [1.165, 1.54) is 12.1 Å². The van der Waals surface area contributed by atoms with Crippen LogP contribution in [0.4, 0.5) is 10.5 Å². The summed E-state index contributed by atoms with van der Waals surface area (Å²) in [6, 6.07) is 12.1. The molecule has 8 heteroatoms. The molecule has 6 nitrogen and oxygen atoms in total. The van der Waals surface area contributed by atoms with Crippen molar-refractivity contribution >= 4 is 33.4 Å². The minimum Gasteiger partial charge on any atom is -0.410 e. The van der Waals surface area contributed by atoms with E-state index in [-0.39, 0.29) is 15.6 Å². The Balaban J connectivity index is 2.17. The molecular formula is C13H11ClN2O4S. The lowest BCUT2D eigenvalue weighted by Gasteiger charge is -2.09. The number of ether oxygens (including phenoxy) is 1. The monoisotopic (exact) mass is 326 g/mol. The smallest absolute Gasteiger partial charge is 0.410 e. The number of hydrogen-bond acceptors (Lipinski definition) is 4. The van der Waals surface area contributed by atoms with Crippen molar-refractivity contribution in [1.82, 2.24) is 0 Å². The van der Waals surface area contributed by atoms with Gasteiger partial charge in [0.15, 0.2) is 0 Å². The Morgan fingerprint density at radius 3 is 2.43 bits per heavy atom. The van der Waals surface area contributed by atoms with Crippen LogP contribution in [-0.2, 0) is 10.0 Å². The maximum absolute atomic E-state index is 11.7. The first-order valence-corrected chi connectivity index (χ1v) is 7.65. The molecule has 0 saturated heterocycles. The molecule has 0 radical (unpaired) electrons. The molecule has 110 valence electrons. The number of carbonyl (C=O) groups excluding carboxylic acids is 1. The largest absolute Gasteiger partial charge is 0.417 e. The highest BCUT2D eigenvalue weighted by atomic mass is 35.5. The third-order valence-corrected chi connectivity index (χ3v) is 3.70. The summed E-state index contributed by atoms with van der Waals surface area (Å²) in [5.41, 5.74) is 0.0872. The molecule has 2 aromatic rings. The van der Waals surface area contributed by atoms with Gasteiger partial charge in [0, 0.05) is 0 Å². The van der Waals surface area contributed by atoms with Crippen LogP contribution in [0.2, 0.25) is 5.02 Å². The van der Waals surface area contributed by atoms with Crippen molar-refractivity contribution in [2.75, 3.05) is 5.32 Å². The van der Waals surface area contributed by atoms with E-state index in [1.807, 2.05) is 0 Å². The molecule has 0 bridgehead atoms. The Labute approximate surface area is 126 Å². The summed E-state index contributed by atoms with van der Waals surface area (Å²) in [5, 5.41) is 7.53. The highest BCUT2D eigenvalue weighted by Gasteiger charge is 2.13. The maximum atomic E-state index is 11.7. The molecule has 0 aliphatic heterocycles. The van der Waals surface area contributed by atoms with E-state index < -0.39 is 16.1 Å². The molecule has 0 saturated carbocycles. The van der Waals surface area contributed by atoms with Crippen molar-refractivity contribution in [1.29, 1.82) is 0 Å². The minimum absolute atomic E-state index is 0.0872. The van der Waals surface area contributed by atoms with Gasteiger partial charge in [-0.1, -0.05) is 29.8 Å². The van der Waals surface area contributed by atoms with E-state index in [0.717, 1.165) is 6.07 Å². The fourth-order valence-corrected chi connectivity index (χ4v) is 2.21. The van der Waals surface area contributed by atoms with Crippen molar-refractivity contribution in [2.24, 2.45) is 5.14 Å². The van der Waals surface area contributed by atoms with Gasteiger partial charge in [-0.25, -0.2) is 18.4 Å². The van der Waals surface area contributed by atoms with Crippen LogP contribution in [0.3, 0.4) is 0 Å². The summed E-state index contributed by atoms with van der Waals surface area (Å²) in [6.45, 7) is 0. The molecule has 0 aliphatic rings. The quantitative estimate of drug-likeness (QED) is 0.905. The summed E-state index contributed by atoms with van der Waals surface area (Å²) in [7, 11) is -3.89. The highest BCUT2D eigenvalue weighted by molar-refractivity contribution is 7.89. The molecule has 0 atom stereocenters. The topological polar surface area (TPSA) is 98.5 Å². The van der Waals surface area contributed by atoms with E-state index >= 15 is 0 Å². The molecule has 0 fully saturated rings. The predicted molar refractivity (Wildman–Crippen MR) is 78.9 cm³/mol. The zero-order valence-electron chi connectivity index (χ0n) is 10.6. The summed E-state index contributed by atoms with van der Waals surface area (Å²) >= 11 is 5.89. The number of benzene rings is 2. The van der Waals surface area contributed by atoms with Crippen LogP contribution in [0.1, 0.15) is 0 Å². The van der Waals surface area contributed by atoms with E-state index in [9.17, 15) is 13.2 Å². The number of hydrogen-bond donors (Lipinski definition) is 2. The van der Waals surface area contributed by atoms with Gasteiger partial charge >= 0.3 is 6.09 Å². The van der Waals surface area contributed by atoms with Crippen molar-refractivity contribution in [3.63, 3.8) is 0 Å². The second-order valence-corrected chi connectivity index (χ2v) is 5.98. The number of nitrogens with one attached hydrogen (secondary N) is 1. The third-order valence-electron chi connectivity index (χ3n) is 2.46. The van der Waals surface area contributed by atoms with Gasteiger partial charge in [0.1, 0.15) is 5.75 Å². The molecule has 0 aromatic heterocycles. The standard InChI is InChI=1S/C13H11ClN2O4S/c14-11-7-6-10(21(15,18)19)8-12(11)16-13(17)20-9-4-2-1-3-5-9/h1-8H,(H,16,17)(H2,15,18,19). The van der Waals surface area contributed by atoms with Crippen LogP contribution >= 0.6 is 11.6 Å². The molecule has 0 spiro atoms. The number of amides is 1. The molecule has 2 aromatic carbocycles. The lowest BCUT2D eigenvalue weighted by atomic mass is 10.3. The van der Waals surface area contributed by atoms with E-state index in [1.54, 1.807) is 30.3 Å². The number of anilines is 1. The molecule has 0 unspecified atom stereocenters. The van der Waals surface area contributed by atoms with Crippen molar-refractivity contribution in [2.45, 2.75) is 4.90 Å². The minimum atomic E-state index is -3.89. The molecule has 0 aliphatic carbocycles. The van der Waals surface area contributed by atoms with Gasteiger partial charge in [0.05, 0.1) is 15.6 Å². The third kappa shape index (κ3) is 4.19. The van der Waals surface area contributed by atoms with E-state index in [2.05, 4.69) is 5.32 Å². The number of carbonyl (C=O) groups is 1. The zero-order chi connectivity index (χ0) is 15.5. The van der Waals surface area contributed by atoms with Gasteiger partial charge < -0.3 is 4.74 Å². The Bertz CT molecular complexity index is 763. The lowest BCUT2D eigenvalue weighted by molar-refractivity contribution is 0.215. The van der Waals surface area contributed by atoms with Gasteiger partial charge in [-0.15, -0.1) is 0 Å². The molecule has 3 N–H and O–H groups in total. The second-order valence-electron chi connectivity index (χ2n) is 4.01. The van der Waals surface area contributed by atoms with Crippen LogP contribution in [0.25, 0.3) is 0 Å². The number of rotatable bonds is 3. The first-order chi connectivity index (χ1) is 9.86. The van der Waals surface area contributed by atoms with Gasteiger partial charge in [-0.05, 0) is 30.3 Å². The van der Waals surface area contributed by atoms with Crippen LogP contribution in [0.5, 0.6) is 5.75 Å². The number of para-hydroxylation sites is 1. The highest BCUT2D eigenvalue weighted by Crippen LogP contribution is 2.25. The number of primary sulfonamides is 1. The summed E-state index contributed by atoms with van der Waals surface area (Å²) in [5.74, 6) is 0.341. The maximum Gasteiger partial charge on any atom is 0.417 e. The molecule has 0 heterocycles. The molecular weight excluding hydrogens is 316 g/mol.